The van der Waals surface area contributed by atoms with Gasteiger partial charge >= 0.3 is 0 Å². The number of para-hydroxylation sites is 1. The number of benzene rings is 3. The molecule has 1 aliphatic rings. The van der Waals surface area contributed by atoms with Gasteiger partial charge in [0.2, 0.25) is 0 Å². The number of ketones is 1. The Balaban J connectivity index is 1.63. The predicted octanol–water partition coefficient (Wildman–Crippen LogP) is 4.78. The van der Waals surface area contributed by atoms with Crippen LogP contribution < -0.4 is 4.31 Å². The summed E-state index contributed by atoms with van der Waals surface area (Å²) in [5.41, 5.74) is 3.39. The number of nitrogens with zero attached hydrogens (tertiary/aromatic N) is 1. The summed E-state index contributed by atoms with van der Waals surface area (Å²) in [5.74, 6) is 0.0363. The summed E-state index contributed by atoms with van der Waals surface area (Å²) in [6.07, 6.45) is 1.40. The van der Waals surface area contributed by atoms with Crippen LogP contribution in [0, 0.1) is 6.92 Å². The average molecular weight is 406 g/mol. The first kappa shape index (κ1) is 19.4. The van der Waals surface area contributed by atoms with E-state index < -0.39 is 10.0 Å². The number of hydrogen-bond acceptors (Lipinski definition) is 3. The second-order valence-corrected chi connectivity index (χ2v) is 9.24. The molecule has 3 aromatic carbocycles. The number of sulfonamides is 1. The lowest BCUT2D eigenvalue weighted by Crippen LogP contribution is -2.38. The van der Waals surface area contributed by atoms with Gasteiger partial charge in [0.15, 0.2) is 5.78 Å². The van der Waals surface area contributed by atoms with E-state index >= 15 is 0 Å². The van der Waals surface area contributed by atoms with E-state index in [0.717, 1.165) is 11.1 Å². The van der Waals surface area contributed by atoms with Crippen LogP contribution in [0.5, 0.6) is 0 Å². The van der Waals surface area contributed by atoms with Gasteiger partial charge < -0.3 is 0 Å². The highest BCUT2D eigenvalue weighted by Crippen LogP contribution is 2.38. The molecule has 1 heterocycles. The molecule has 4 nitrogen and oxygen atoms in total. The normalized spacial score (nSPS) is 15.9. The Hall–Kier alpha value is -2.92. The Morgan fingerprint density at radius 1 is 0.931 bits per heavy atom. The summed E-state index contributed by atoms with van der Waals surface area (Å²) in [6, 6.07) is 23.4. The van der Waals surface area contributed by atoms with E-state index in [1.807, 2.05) is 61.5 Å². The van der Waals surface area contributed by atoms with Crippen LogP contribution in [0.25, 0.3) is 0 Å². The van der Waals surface area contributed by atoms with Crippen molar-refractivity contribution in [2.75, 3.05) is 4.31 Å². The predicted molar refractivity (Wildman–Crippen MR) is 115 cm³/mol. The molecular formula is C24H23NO3S. The quantitative estimate of drug-likeness (QED) is 0.555. The van der Waals surface area contributed by atoms with E-state index in [1.165, 1.54) is 4.31 Å². The molecule has 0 fully saturated rings. The molecular weight excluding hydrogens is 382 g/mol. The molecule has 0 spiro atoms. The largest absolute Gasteiger partial charge is 0.294 e. The van der Waals surface area contributed by atoms with Gasteiger partial charge in [0.05, 0.1) is 10.6 Å². The second-order valence-electron chi connectivity index (χ2n) is 7.43. The molecule has 0 bridgehead atoms. The van der Waals surface area contributed by atoms with Crippen molar-refractivity contribution in [2.24, 2.45) is 0 Å². The third-order valence-electron chi connectivity index (χ3n) is 5.39. The summed E-state index contributed by atoms with van der Waals surface area (Å²) < 4.78 is 28.5. The zero-order chi connectivity index (χ0) is 20.4. The average Bonchev–Trinajstić information content (AvgIpc) is 3.12. The van der Waals surface area contributed by atoms with Gasteiger partial charge in [0, 0.05) is 18.0 Å². The molecule has 0 aromatic heterocycles. The lowest BCUT2D eigenvalue weighted by atomic mass is 10.0. The van der Waals surface area contributed by atoms with Crippen molar-refractivity contribution in [3.63, 3.8) is 0 Å². The van der Waals surface area contributed by atoms with E-state index in [9.17, 15) is 13.2 Å². The van der Waals surface area contributed by atoms with Gasteiger partial charge in [0.1, 0.15) is 0 Å². The van der Waals surface area contributed by atoms with Gasteiger partial charge in [-0.25, -0.2) is 8.42 Å². The van der Waals surface area contributed by atoms with Crippen LogP contribution in [0.15, 0.2) is 83.8 Å². The smallest absolute Gasteiger partial charge is 0.264 e. The van der Waals surface area contributed by atoms with Crippen LogP contribution in [-0.4, -0.2) is 20.2 Å². The van der Waals surface area contributed by atoms with E-state index in [1.54, 1.807) is 24.3 Å². The minimum Gasteiger partial charge on any atom is -0.294 e. The monoisotopic (exact) mass is 405 g/mol. The van der Waals surface area contributed by atoms with Crippen molar-refractivity contribution < 1.29 is 13.2 Å². The van der Waals surface area contributed by atoms with Crippen molar-refractivity contribution >= 4 is 21.5 Å². The number of fused-ring (bicyclic) bond motifs is 1. The molecule has 0 saturated carbocycles. The first-order valence-corrected chi connectivity index (χ1v) is 11.2. The number of Topliss-reactive ketones (excluding diaryl/α,β-unsaturated/α-hetero) is 1. The molecule has 5 heteroatoms. The maximum Gasteiger partial charge on any atom is 0.264 e. The highest BCUT2D eigenvalue weighted by atomic mass is 32.2. The number of carbonyl (C=O) groups excluding carboxylic acids is 1. The minimum absolute atomic E-state index is 0.0363. The molecule has 1 atom stereocenters. The first-order chi connectivity index (χ1) is 14.0. The third kappa shape index (κ3) is 3.83. The second kappa shape index (κ2) is 7.84. The fourth-order valence-electron chi connectivity index (χ4n) is 3.87. The van der Waals surface area contributed by atoms with Crippen LogP contribution >= 0.6 is 0 Å². The van der Waals surface area contributed by atoms with Gasteiger partial charge in [0.25, 0.3) is 10.0 Å². The molecule has 0 amide bonds. The number of anilines is 1. The zero-order valence-corrected chi connectivity index (χ0v) is 17.1. The van der Waals surface area contributed by atoms with Crippen molar-refractivity contribution in [1.82, 2.24) is 0 Å². The van der Waals surface area contributed by atoms with Crippen LogP contribution in [0.4, 0.5) is 5.69 Å². The van der Waals surface area contributed by atoms with Gasteiger partial charge in [-0.15, -0.1) is 0 Å². The highest BCUT2D eigenvalue weighted by molar-refractivity contribution is 7.92. The summed E-state index contributed by atoms with van der Waals surface area (Å²) in [6.45, 7) is 1.93. The number of rotatable bonds is 6. The number of carbonyl (C=O) groups is 1. The fraction of sp³-hybridized carbons (Fsp3) is 0.208. The molecule has 4 rings (SSSR count). The molecule has 0 radical (unpaired) electrons. The number of hydrogen-bond donors (Lipinski definition) is 0. The summed E-state index contributed by atoms with van der Waals surface area (Å²) in [7, 11) is -3.71. The molecule has 0 unspecified atom stereocenters. The molecule has 0 saturated heterocycles. The molecule has 148 valence electrons. The van der Waals surface area contributed by atoms with Crippen LogP contribution in [0.2, 0.25) is 0 Å². The van der Waals surface area contributed by atoms with Crippen molar-refractivity contribution in [2.45, 2.75) is 37.1 Å². The van der Waals surface area contributed by atoms with Gasteiger partial charge in [-0.05, 0) is 43.5 Å². The topological polar surface area (TPSA) is 54.5 Å². The Morgan fingerprint density at radius 2 is 1.59 bits per heavy atom. The number of aryl methyl sites for hydroxylation is 1. The molecule has 1 aliphatic heterocycles. The molecule has 3 aromatic rings. The Bertz CT molecular complexity index is 1120. The van der Waals surface area contributed by atoms with Crippen molar-refractivity contribution in [1.29, 1.82) is 0 Å². The van der Waals surface area contributed by atoms with Gasteiger partial charge in [-0.3, -0.25) is 9.10 Å². The van der Waals surface area contributed by atoms with Crippen LogP contribution in [0.3, 0.4) is 0 Å². The summed E-state index contributed by atoms with van der Waals surface area (Å²) >= 11 is 0. The van der Waals surface area contributed by atoms with Crippen molar-refractivity contribution in [3.8, 4) is 0 Å². The van der Waals surface area contributed by atoms with Crippen LogP contribution in [-0.2, 0) is 16.4 Å². The molecule has 29 heavy (non-hydrogen) atoms. The van der Waals surface area contributed by atoms with Gasteiger partial charge in [-0.1, -0.05) is 66.2 Å². The minimum atomic E-state index is -3.71. The van der Waals surface area contributed by atoms with E-state index in [0.29, 0.717) is 30.5 Å². The third-order valence-corrected chi connectivity index (χ3v) is 7.28. The summed E-state index contributed by atoms with van der Waals surface area (Å²) in [4.78, 5) is 12.8. The maximum atomic E-state index is 13.5. The summed E-state index contributed by atoms with van der Waals surface area (Å²) in [5, 5.41) is 0. The fourth-order valence-corrected chi connectivity index (χ4v) is 5.58. The van der Waals surface area contributed by atoms with Gasteiger partial charge in [-0.2, -0.15) is 0 Å². The first-order valence-electron chi connectivity index (χ1n) is 9.74. The van der Waals surface area contributed by atoms with E-state index in [-0.39, 0.29) is 16.7 Å². The van der Waals surface area contributed by atoms with Crippen molar-refractivity contribution in [3.05, 3.63) is 95.6 Å². The molecule has 0 aliphatic carbocycles. The lowest BCUT2D eigenvalue weighted by Gasteiger charge is -2.27. The highest BCUT2D eigenvalue weighted by Gasteiger charge is 2.38. The standard InChI is InChI=1S/C24H23NO3S/c1-18-11-14-22(15-12-18)29(27,28)25-21(17-20-9-5-6-10-23(20)25)13-16-24(26)19-7-3-2-4-8-19/h2-12,14-15,21H,13,16-17H2,1H3/t21-/m1/s1. The van der Waals surface area contributed by atoms with E-state index in [2.05, 4.69) is 0 Å². The SMILES string of the molecule is Cc1ccc(S(=O)(=O)N2c3ccccc3C[C@H]2CCC(=O)c2ccccc2)cc1. The molecule has 0 N–H and O–H groups in total. The Morgan fingerprint density at radius 3 is 2.31 bits per heavy atom. The Kier molecular flexibility index (Phi) is 5.24. The van der Waals surface area contributed by atoms with Crippen LogP contribution in [0.1, 0.15) is 34.3 Å². The Labute approximate surface area is 171 Å². The maximum absolute atomic E-state index is 13.5. The zero-order valence-electron chi connectivity index (χ0n) is 16.3. The lowest BCUT2D eigenvalue weighted by molar-refractivity contribution is 0.0978. The van der Waals surface area contributed by atoms with E-state index in [4.69, 9.17) is 0 Å².